The van der Waals surface area contributed by atoms with E-state index in [1.807, 2.05) is 156 Å². The Morgan fingerprint density at radius 3 is 1.06 bits per heavy atom. The van der Waals surface area contributed by atoms with Gasteiger partial charge in [-0.1, -0.05) is 307 Å². The molecule has 0 saturated carbocycles. The maximum Gasteiger partial charge on any atom is 0.290 e. The summed E-state index contributed by atoms with van der Waals surface area (Å²) < 4.78 is 60.1. The molecule has 13 aromatic carbocycles. The van der Waals surface area contributed by atoms with Gasteiger partial charge >= 0.3 is 0 Å². The molecule has 8 atom stereocenters. The van der Waals surface area contributed by atoms with Crippen LogP contribution in [0.25, 0.3) is 22.3 Å². The molecule has 1 saturated heterocycles. The van der Waals surface area contributed by atoms with Crippen molar-refractivity contribution in [3.05, 3.63) is 480 Å². The van der Waals surface area contributed by atoms with Crippen molar-refractivity contribution < 1.29 is 66.5 Å². The number of nitrogens with zero attached hydrogens (tertiary/aromatic N) is 2. The second-order valence-corrected chi connectivity index (χ2v) is 38.7. The second kappa shape index (κ2) is 48.6. The number of ether oxygens (including phenoxy) is 10. The number of carbonyl (C=O) groups excluding carboxylic acids is 4. The summed E-state index contributed by atoms with van der Waals surface area (Å²) in [6, 6.07) is 113. The van der Waals surface area contributed by atoms with Gasteiger partial charge in [-0.15, -0.1) is 11.3 Å². The molecular weight excluding hydrogens is 1840 g/mol. The molecule has 0 radical (unpaired) electrons. The van der Waals surface area contributed by atoms with Crippen LogP contribution >= 0.6 is 11.3 Å². The van der Waals surface area contributed by atoms with Crippen molar-refractivity contribution in [2.45, 2.75) is 174 Å². The summed E-state index contributed by atoms with van der Waals surface area (Å²) in [6.45, 7) is 14.2. The third-order valence-electron chi connectivity index (χ3n) is 27.8. The van der Waals surface area contributed by atoms with Crippen LogP contribution in [0.15, 0.2) is 386 Å². The Labute approximate surface area is 859 Å². The fraction of sp³-hybridized carbons (Fsp3) is 0.254. The van der Waals surface area contributed by atoms with Crippen molar-refractivity contribution in [3.63, 3.8) is 0 Å². The van der Waals surface area contributed by atoms with Crippen LogP contribution in [0.1, 0.15) is 171 Å². The number of thiophene rings is 1. The highest BCUT2D eigenvalue weighted by Gasteiger charge is 2.37. The van der Waals surface area contributed by atoms with Crippen molar-refractivity contribution in [2.75, 3.05) is 48.9 Å². The molecule has 1 fully saturated rings. The zero-order valence-electron chi connectivity index (χ0n) is 82.9. The molecule has 2 aliphatic carbocycles. The van der Waals surface area contributed by atoms with Crippen molar-refractivity contribution in [1.82, 2.24) is 9.80 Å². The largest absolute Gasteiger partial charge is 0.459 e. The fourth-order valence-electron chi connectivity index (χ4n) is 19.5. The summed E-state index contributed by atoms with van der Waals surface area (Å²) in [7, 11) is 0. The Balaban J connectivity index is 0.000000125. The Hall–Kier alpha value is -15.0. The van der Waals surface area contributed by atoms with Crippen molar-refractivity contribution in [1.29, 1.82) is 0 Å². The smallest absolute Gasteiger partial charge is 0.290 e. The van der Waals surface area contributed by atoms with Crippen LogP contribution in [0, 0.1) is 0 Å². The van der Waals surface area contributed by atoms with Crippen molar-refractivity contribution >= 4 is 52.0 Å². The topological polar surface area (TPSA) is 203 Å². The van der Waals surface area contributed by atoms with Crippen LogP contribution in [0.5, 0.6) is 11.5 Å². The normalized spacial score (nSPS) is 18.6. The molecule has 0 unspecified atom stereocenters. The lowest BCUT2D eigenvalue weighted by molar-refractivity contribution is -0.157. The zero-order chi connectivity index (χ0) is 99.9. The van der Waals surface area contributed by atoms with E-state index in [0.717, 1.165) is 115 Å². The number of amides is 4. The molecule has 146 heavy (non-hydrogen) atoms. The summed E-state index contributed by atoms with van der Waals surface area (Å²) >= 11 is 1.68. The monoisotopic (exact) mass is 1960 g/mol. The number of fused-ring (bicyclic) bond motifs is 7. The fourth-order valence-corrected chi connectivity index (χ4v) is 20.3. The molecule has 0 spiro atoms. The minimum Gasteiger partial charge on any atom is -0.459 e. The van der Waals surface area contributed by atoms with E-state index in [9.17, 15) is 19.2 Å². The number of benzene rings is 13. The van der Waals surface area contributed by atoms with Gasteiger partial charge in [-0.05, 0) is 234 Å². The first-order valence-corrected chi connectivity index (χ1v) is 51.9. The molecule has 4 amide bonds. The first kappa shape index (κ1) is 99.7. The predicted molar refractivity (Wildman–Crippen MR) is 573 cm³/mol. The van der Waals surface area contributed by atoms with E-state index >= 15 is 0 Å². The number of aryl methyl sites for hydroxylation is 4. The molecule has 0 bridgehead atoms. The number of nitrogens with one attached hydrogen (secondary N) is 3. The van der Waals surface area contributed by atoms with Crippen LogP contribution in [-0.2, 0) is 129 Å². The molecule has 6 aliphatic heterocycles. The van der Waals surface area contributed by atoms with Gasteiger partial charge < -0.3 is 68.2 Å². The third kappa shape index (κ3) is 26.0. The number of piperazine rings is 1. The standard InChI is InChI=1S/C40H40N2O5.C34H31NO3.C27H27NO3.C25H25NO3S/c1-2-27-7-9-28(10-8-27)25-44-39-23-32(30-12-13-35-33(20-30)21-31-5-3-4-6-34(31)35)22-38(47-39)40(43)42-17-15-41(16-18-42)24-29-11-14-36-37(19-29)46-26-45-36;1-2-23-12-14-24(15-13-23)22-37-33-21-27(20-32(38-33)34(36)35-29-9-4-3-5-10-29)25-16-17-31-28(18-25)19-26-8-6-7-11-30(26)31;1-2-20-13-15-21(16-14-20)19-30-26-18-23(22-9-5-3-6-10-22)17-25(31-26)27(29)28-24-11-7-4-8-12-24;1-2-18-10-12-19(13-11-18)17-28-24-16-20(23-9-6-14-30-23)15-22(29-24)25(27)26-21-7-4-3-5-8-21/h3-14,19-20,22,32,39H,2,15-18,21,23-26H2,1H3;3-18,20,27,33H,2,19,21-22H2,1H3,(H,35,36);3-17,23,26H,2,18-19H2,1H3,(H,28,29);3-15,20,24H,2,16-17H2,1H3,(H,26,27)/t32-,39+;27-,33+;23-,26+;20-,24+/m0000/s1. The molecule has 3 N–H and O–H groups in total. The number of hydrogen-bond donors (Lipinski definition) is 3. The molecule has 7 heterocycles. The van der Waals surface area contributed by atoms with Crippen LogP contribution in [0.3, 0.4) is 0 Å². The number of rotatable bonds is 29. The SMILES string of the molecule is CCc1ccc(CO[C@H]2C[C@@H](c3ccc4c(c3)Cc3ccccc3-4)C=C(C(=O)N3CCN(Cc4ccc5c(c4)OCO5)CC3)O2)cc1.CCc1ccc(CO[C@H]2C[C@@H](c3ccc4c(c3)Cc3ccccc3-4)C=C(C(=O)Nc3ccccc3)O2)cc1.CCc1ccc(CO[C@H]2C[C@@H](c3ccccc3)C=C(C(=O)Nc3ccccc3)O2)cc1.CCc1ccc(CO[C@H]2C[C@@H](c3cccs3)C=C(C(=O)Nc3ccccc3)O2)cc1. The third-order valence-corrected chi connectivity index (χ3v) is 28.8. The van der Waals surface area contributed by atoms with Gasteiger partial charge in [0.1, 0.15) is 0 Å². The lowest BCUT2D eigenvalue weighted by Crippen LogP contribution is -2.49. The van der Waals surface area contributed by atoms with E-state index in [2.05, 4.69) is 261 Å². The summed E-state index contributed by atoms with van der Waals surface area (Å²) in [5.74, 6) is 2.14. The van der Waals surface area contributed by atoms with Gasteiger partial charge in [0.25, 0.3) is 23.6 Å². The van der Waals surface area contributed by atoms with Crippen LogP contribution in [0.4, 0.5) is 17.1 Å². The quantitative estimate of drug-likeness (QED) is 0.0399. The second-order valence-electron chi connectivity index (χ2n) is 37.7. The van der Waals surface area contributed by atoms with Crippen LogP contribution in [-0.4, -0.2) is 91.6 Å². The molecule has 22 rings (SSSR count). The van der Waals surface area contributed by atoms with Gasteiger partial charge in [0.15, 0.2) is 34.5 Å². The summed E-state index contributed by atoms with van der Waals surface area (Å²) in [4.78, 5) is 58.4. The maximum atomic E-state index is 14.0. The van der Waals surface area contributed by atoms with E-state index in [1.54, 1.807) is 11.3 Å². The molecular formula is C126H123N5O14S. The molecule has 14 aromatic rings. The number of carbonyl (C=O) groups is 4. The molecule has 19 nitrogen and oxygen atoms in total. The highest BCUT2D eigenvalue weighted by atomic mass is 32.1. The first-order chi connectivity index (χ1) is 71.7. The Morgan fingerprint density at radius 2 is 0.658 bits per heavy atom. The lowest BCUT2D eigenvalue weighted by atomic mass is 9.90. The minimum atomic E-state index is -0.530. The molecule has 20 heteroatoms. The average Bonchev–Trinajstić information content (AvgIpc) is 1.63. The van der Waals surface area contributed by atoms with Crippen LogP contribution < -0.4 is 25.4 Å². The van der Waals surface area contributed by atoms with Gasteiger partial charge in [-0.2, -0.15) is 0 Å². The number of anilines is 3. The molecule has 1 aromatic heterocycles. The number of allylic oxidation sites excluding steroid dienone is 4. The van der Waals surface area contributed by atoms with Gasteiger partial charge in [0.05, 0.1) is 26.4 Å². The zero-order valence-corrected chi connectivity index (χ0v) is 83.7. The van der Waals surface area contributed by atoms with Gasteiger partial charge in [-0.25, -0.2) is 0 Å². The molecule has 8 aliphatic rings. The van der Waals surface area contributed by atoms with E-state index < -0.39 is 25.2 Å². The Morgan fingerprint density at radius 1 is 0.315 bits per heavy atom. The average molecular weight is 1960 g/mol. The molecule has 742 valence electrons. The van der Waals surface area contributed by atoms with Crippen molar-refractivity contribution in [2.24, 2.45) is 0 Å². The minimum absolute atomic E-state index is 0.00162. The van der Waals surface area contributed by atoms with E-state index in [4.69, 9.17) is 47.4 Å². The first-order valence-electron chi connectivity index (χ1n) is 51.0. The summed E-state index contributed by atoms with van der Waals surface area (Å²) in [5, 5.41) is 10.8. The lowest BCUT2D eigenvalue weighted by Gasteiger charge is -2.36. The Bertz CT molecular complexity index is 6910. The highest BCUT2D eigenvalue weighted by Crippen LogP contribution is 2.45. The van der Waals surface area contributed by atoms with Gasteiger partial charge in [-0.3, -0.25) is 24.1 Å². The van der Waals surface area contributed by atoms with Gasteiger partial charge in [0.2, 0.25) is 32.0 Å². The number of hydrogen-bond acceptors (Lipinski definition) is 16. The van der Waals surface area contributed by atoms with E-state index in [1.165, 1.54) is 88.3 Å². The number of para-hydroxylation sites is 3. The summed E-state index contributed by atoms with van der Waals surface area (Å²) in [6.07, 6.45) is 14.2. The summed E-state index contributed by atoms with van der Waals surface area (Å²) in [5.41, 5.74) is 27.0. The highest BCUT2D eigenvalue weighted by molar-refractivity contribution is 7.10. The van der Waals surface area contributed by atoms with Crippen LogP contribution in [0.2, 0.25) is 0 Å². The Kier molecular flexibility index (Phi) is 33.2. The van der Waals surface area contributed by atoms with E-state index in [0.29, 0.717) is 82.5 Å². The maximum absolute atomic E-state index is 14.0. The predicted octanol–water partition coefficient (Wildman–Crippen LogP) is 25.9. The van der Waals surface area contributed by atoms with E-state index in [-0.39, 0.29) is 59.9 Å². The van der Waals surface area contributed by atoms with Gasteiger partial charge in [0, 0.05) is 104 Å². The van der Waals surface area contributed by atoms with Crippen molar-refractivity contribution in [3.8, 4) is 33.8 Å².